The van der Waals surface area contributed by atoms with E-state index in [1.54, 1.807) is 0 Å². The molecule has 1 saturated carbocycles. The third-order valence-corrected chi connectivity index (χ3v) is 7.16. The molecule has 4 saturated heterocycles. The van der Waals surface area contributed by atoms with Crippen LogP contribution in [-0.4, -0.2) is 43.5 Å². The summed E-state index contributed by atoms with van der Waals surface area (Å²) in [6.45, 7) is 3.48. The molecule has 1 aliphatic carbocycles. The van der Waals surface area contributed by atoms with Gasteiger partial charge in [-0.25, -0.2) is 0 Å². The maximum absolute atomic E-state index is 11.9. The van der Waals surface area contributed by atoms with E-state index in [4.69, 9.17) is 13.7 Å². The number of fused-ring (bicyclic) bond motifs is 2. The van der Waals surface area contributed by atoms with Crippen molar-refractivity contribution >= 4 is 16.1 Å². The van der Waals surface area contributed by atoms with Gasteiger partial charge in [0.05, 0.1) is 5.25 Å². The van der Waals surface area contributed by atoms with Gasteiger partial charge in [-0.3, -0.25) is 8.98 Å². The summed E-state index contributed by atoms with van der Waals surface area (Å²) in [6, 6.07) is 0. The van der Waals surface area contributed by atoms with E-state index in [0.29, 0.717) is 12.8 Å². The Labute approximate surface area is 111 Å². The molecule has 0 radical (unpaired) electrons. The predicted molar refractivity (Wildman–Crippen MR) is 62.6 cm³/mol. The second-order valence-electron chi connectivity index (χ2n) is 6.25. The lowest BCUT2D eigenvalue weighted by molar-refractivity contribution is -0.162. The molecule has 6 unspecified atom stereocenters. The number of hydrogen-bond donors (Lipinski definition) is 0. The smallest absolute Gasteiger partial charge is 0.302 e. The Morgan fingerprint density at radius 3 is 2.84 bits per heavy atom. The van der Waals surface area contributed by atoms with Gasteiger partial charge >= 0.3 is 5.97 Å². The highest BCUT2D eigenvalue weighted by Crippen LogP contribution is 2.70. The molecule has 0 amide bonds. The highest BCUT2D eigenvalue weighted by atomic mass is 32.2. The summed E-state index contributed by atoms with van der Waals surface area (Å²) in [6.07, 6.45) is 0.749. The SMILES string of the molecule is CC(=O)OCC12CC3C4CC3(O1)C(OS4(=O)=O)C2C. The van der Waals surface area contributed by atoms with Gasteiger partial charge in [-0.1, -0.05) is 6.92 Å². The molecule has 1 spiro atoms. The summed E-state index contributed by atoms with van der Waals surface area (Å²) in [7, 11) is -3.44. The van der Waals surface area contributed by atoms with Gasteiger partial charge < -0.3 is 9.47 Å². The second-order valence-corrected chi connectivity index (χ2v) is 8.04. The monoisotopic (exact) mass is 288 g/mol. The van der Waals surface area contributed by atoms with Gasteiger partial charge in [0.1, 0.15) is 23.9 Å². The van der Waals surface area contributed by atoms with E-state index < -0.39 is 32.7 Å². The van der Waals surface area contributed by atoms with Gasteiger partial charge in [0.2, 0.25) is 0 Å². The molecule has 7 heteroatoms. The van der Waals surface area contributed by atoms with E-state index in [0.717, 1.165) is 0 Å². The molecule has 0 aromatic carbocycles. The summed E-state index contributed by atoms with van der Waals surface area (Å²) in [5.41, 5.74) is -1.01. The molecule has 4 heterocycles. The standard InChI is InChI=1S/C12H16O6S/c1-6-10-12-4-9(19(14,15)17-10)8(12)3-11(6,18-12)5-16-7(2)13/h6,8-10H,3-5H2,1-2H3. The topological polar surface area (TPSA) is 78.9 Å². The number of carbonyl (C=O) groups is 1. The van der Waals surface area contributed by atoms with Gasteiger partial charge in [0, 0.05) is 18.8 Å². The minimum atomic E-state index is -3.44. The molecular formula is C12H16O6S. The van der Waals surface area contributed by atoms with E-state index in [1.165, 1.54) is 6.92 Å². The first kappa shape index (κ1) is 12.1. The summed E-state index contributed by atoms with van der Waals surface area (Å²) in [4.78, 5) is 11.0. The quantitative estimate of drug-likeness (QED) is 0.534. The van der Waals surface area contributed by atoms with Crippen LogP contribution in [0.1, 0.15) is 26.7 Å². The van der Waals surface area contributed by atoms with Crippen LogP contribution in [0.3, 0.4) is 0 Å². The van der Waals surface area contributed by atoms with Crippen LogP contribution < -0.4 is 0 Å². The molecular weight excluding hydrogens is 272 g/mol. The number of rotatable bonds is 2. The lowest BCUT2D eigenvalue weighted by Gasteiger charge is -2.57. The first-order chi connectivity index (χ1) is 8.81. The lowest BCUT2D eigenvalue weighted by Crippen LogP contribution is -2.71. The average Bonchev–Trinajstić information content (AvgIpc) is 2.69. The van der Waals surface area contributed by atoms with E-state index in [1.807, 2.05) is 6.92 Å². The third kappa shape index (κ3) is 1.20. The number of carbonyl (C=O) groups excluding carboxylic acids is 1. The van der Waals surface area contributed by atoms with Crippen LogP contribution in [0.2, 0.25) is 0 Å². The van der Waals surface area contributed by atoms with Crippen molar-refractivity contribution in [2.45, 2.75) is 49.2 Å². The van der Waals surface area contributed by atoms with Crippen molar-refractivity contribution in [3.8, 4) is 0 Å². The molecule has 19 heavy (non-hydrogen) atoms. The molecule has 0 N–H and O–H groups in total. The first-order valence-electron chi connectivity index (χ1n) is 6.56. The number of ether oxygens (including phenoxy) is 2. The molecule has 5 aliphatic rings. The van der Waals surface area contributed by atoms with Crippen molar-refractivity contribution in [3.63, 3.8) is 0 Å². The van der Waals surface area contributed by atoms with E-state index in [2.05, 4.69) is 0 Å². The zero-order chi connectivity index (χ0) is 13.6. The molecule has 5 fully saturated rings. The highest BCUT2D eigenvalue weighted by Gasteiger charge is 2.82. The van der Waals surface area contributed by atoms with Crippen molar-refractivity contribution in [1.82, 2.24) is 0 Å². The Morgan fingerprint density at radius 2 is 2.16 bits per heavy atom. The van der Waals surface area contributed by atoms with Gasteiger partial charge in [0.25, 0.3) is 10.1 Å². The maximum Gasteiger partial charge on any atom is 0.302 e. The van der Waals surface area contributed by atoms with Crippen LogP contribution in [0.25, 0.3) is 0 Å². The van der Waals surface area contributed by atoms with Crippen LogP contribution in [0.4, 0.5) is 0 Å². The number of hydrogen-bond acceptors (Lipinski definition) is 6. The van der Waals surface area contributed by atoms with Crippen LogP contribution in [0, 0.1) is 11.8 Å². The summed E-state index contributed by atoms with van der Waals surface area (Å²) < 4.78 is 40.5. The van der Waals surface area contributed by atoms with Gasteiger partial charge in [-0.05, 0) is 12.8 Å². The molecule has 6 atom stereocenters. The van der Waals surface area contributed by atoms with Crippen molar-refractivity contribution < 1.29 is 26.9 Å². The fourth-order valence-electron chi connectivity index (χ4n) is 4.47. The molecule has 4 aliphatic heterocycles. The van der Waals surface area contributed by atoms with Crippen LogP contribution >= 0.6 is 0 Å². The summed E-state index contributed by atoms with van der Waals surface area (Å²) >= 11 is 0. The highest BCUT2D eigenvalue weighted by molar-refractivity contribution is 7.87. The molecule has 6 nitrogen and oxygen atoms in total. The Morgan fingerprint density at radius 1 is 1.42 bits per heavy atom. The predicted octanol–water partition coefficient (Wildman–Crippen LogP) is 0.214. The van der Waals surface area contributed by atoms with Crippen LogP contribution in [-0.2, 0) is 28.6 Å². The normalized spacial score (nSPS) is 55.7. The average molecular weight is 288 g/mol. The van der Waals surface area contributed by atoms with E-state index in [-0.39, 0.29) is 24.4 Å². The zero-order valence-electron chi connectivity index (χ0n) is 10.8. The molecule has 5 rings (SSSR count). The van der Waals surface area contributed by atoms with Crippen molar-refractivity contribution in [2.24, 2.45) is 11.8 Å². The fourth-order valence-corrected chi connectivity index (χ4v) is 6.42. The minimum absolute atomic E-state index is 0.00279. The van der Waals surface area contributed by atoms with Crippen LogP contribution in [0.15, 0.2) is 0 Å². The van der Waals surface area contributed by atoms with Crippen molar-refractivity contribution in [3.05, 3.63) is 0 Å². The Balaban J connectivity index is 1.70. The fraction of sp³-hybridized carbons (Fsp3) is 0.917. The van der Waals surface area contributed by atoms with Gasteiger partial charge in [-0.15, -0.1) is 0 Å². The van der Waals surface area contributed by atoms with Crippen molar-refractivity contribution in [2.75, 3.05) is 6.61 Å². The van der Waals surface area contributed by atoms with Gasteiger partial charge in [0.15, 0.2) is 0 Å². The largest absolute Gasteiger partial charge is 0.463 e. The summed E-state index contributed by atoms with van der Waals surface area (Å²) in [5.74, 6) is -0.425. The lowest BCUT2D eigenvalue weighted by atomic mass is 9.57. The Bertz CT molecular complexity index is 571. The number of esters is 1. The minimum Gasteiger partial charge on any atom is -0.463 e. The molecule has 0 aromatic heterocycles. The molecule has 106 valence electrons. The maximum atomic E-state index is 11.9. The van der Waals surface area contributed by atoms with Crippen LogP contribution in [0.5, 0.6) is 0 Å². The van der Waals surface area contributed by atoms with E-state index in [9.17, 15) is 13.2 Å². The summed E-state index contributed by atoms with van der Waals surface area (Å²) in [5, 5.41) is -0.435. The Kier molecular flexibility index (Phi) is 2.01. The Hall–Kier alpha value is -0.660. The van der Waals surface area contributed by atoms with Crippen molar-refractivity contribution in [1.29, 1.82) is 0 Å². The zero-order valence-corrected chi connectivity index (χ0v) is 11.6. The third-order valence-electron chi connectivity index (χ3n) is 5.45. The van der Waals surface area contributed by atoms with E-state index >= 15 is 0 Å². The molecule has 3 bridgehead atoms. The second kappa shape index (κ2) is 3.15. The first-order valence-corrected chi connectivity index (χ1v) is 8.04. The van der Waals surface area contributed by atoms with Gasteiger partial charge in [-0.2, -0.15) is 8.42 Å². The molecule has 0 aromatic rings.